The van der Waals surface area contributed by atoms with Crippen molar-refractivity contribution in [3.05, 3.63) is 29.3 Å². The van der Waals surface area contributed by atoms with Crippen LogP contribution in [0.25, 0.3) is 0 Å². The Kier molecular flexibility index (Phi) is 6.12. The van der Waals surface area contributed by atoms with Gasteiger partial charge in [-0.05, 0) is 17.5 Å². The number of methoxy groups -OCH3 is 1. The Bertz CT molecular complexity index is 367. The highest BCUT2D eigenvalue weighted by Gasteiger charge is 2.07. The van der Waals surface area contributed by atoms with Crippen LogP contribution in [0.2, 0.25) is 0 Å². The highest BCUT2D eigenvalue weighted by Crippen LogP contribution is 2.24. The molecule has 1 rings (SSSR count). The van der Waals surface area contributed by atoms with Crippen molar-refractivity contribution in [2.75, 3.05) is 20.3 Å². The van der Waals surface area contributed by atoms with E-state index in [1.54, 1.807) is 7.11 Å². The molecule has 0 spiro atoms. The van der Waals surface area contributed by atoms with Gasteiger partial charge in [-0.2, -0.15) is 0 Å². The van der Waals surface area contributed by atoms with Crippen molar-refractivity contribution in [2.45, 2.75) is 32.4 Å². The van der Waals surface area contributed by atoms with Crippen molar-refractivity contribution < 1.29 is 9.84 Å². The van der Waals surface area contributed by atoms with Crippen molar-refractivity contribution in [2.24, 2.45) is 5.73 Å². The number of aliphatic hydroxyl groups is 1. The van der Waals surface area contributed by atoms with Gasteiger partial charge in [0.2, 0.25) is 0 Å². The second kappa shape index (κ2) is 7.36. The predicted octanol–water partition coefficient (Wildman–Crippen LogP) is 1.23. The van der Waals surface area contributed by atoms with Gasteiger partial charge in [-0.25, -0.2) is 0 Å². The first-order chi connectivity index (χ1) is 8.58. The first kappa shape index (κ1) is 15.0. The van der Waals surface area contributed by atoms with E-state index in [4.69, 9.17) is 15.6 Å². The molecule has 1 aromatic rings. The fourth-order valence-corrected chi connectivity index (χ4v) is 1.72. The molecule has 4 N–H and O–H groups in total. The zero-order chi connectivity index (χ0) is 13.5. The summed E-state index contributed by atoms with van der Waals surface area (Å²) in [6.45, 7) is 5.59. The Morgan fingerprint density at radius 2 is 2.11 bits per heavy atom. The molecule has 18 heavy (non-hydrogen) atoms. The topological polar surface area (TPSA) is 67.5 Å². The van der Waals surface area contributed by atoms with E-state index < -0.39 is 0 Å². The van der Waals surface area contributed by atoms with Crippen LogP contribution in [-0.2, 0) is 6.54 Å². The lowest BCUT2D eigenvalue weighted by Gasteiger charge is -2.14. The molecular formula is C14H24N2O2. The molecule has 0 amide bonds. The molecule has 1 aromatic carbocycles. The number of aliphatic hydroxyl groups excluding tert-OH is 1. The van der Waals surface area contributed by atoms with E-state index >= 15 is 0 Å². The summed E-state index contributed by atoms with van der Waals surface area (Å²) >= 11 is 0. The van der Waals surface area contributed by atoms with Crippen LogP contribution in [0, 0.1) is 0 Å². The Morgan fingerprint density at radius 1 is 1.39 bits per heavy atom. The molecule has 0 saturated carbocycles. The number of hydrogen-bond acceptors (Lipinski definition) is 4. The van der Waals surface area contributed by atoms with Gasteiger partial charge < -0.3 is 20.9 Å². The van der Waals surface area contributed by atoms with Crippen LogP contribution in [0.1, 0.15) is 30.9 Å². The van der Waals surface area contributed by atoms with Crippen molar-refractivity contribution in [3.8, 4) is 5.75 Å². The second-order valence-electron chi connectivity index (χ2n) is 4.80. The zero-order valence-electron chi connectivity index (χ0n) is 11.4. The smallest absolute Gasteiger partial charge is 0.123 e. The number of benzene rings is 1. The van der Waals surface area contributed by atoms with Gasteiger partial charge in [-0.1, -0.05) is 26.0 Å². The van der Waals surface area contributed by atoms with Crippen LogP contribution in [0.15, 0.2) is 18.2 Å². The number of rotatable bonds is 7. The third-order valence-corrected chi connectivity index (χ3v) is 2.93. The Morgan fingerprint density at radius 3 is 2.67 bits per heavy atom. The van der Waals surface area contributed by atoms with E-state index in [2.05, 4.69) is 37.4 Å². The maximum atomic E-state index is 8.84. The summed E-state index contributed by atoms with van der Waals surface area (Å²) in [7, 11) is 1.68. The molecule has 102 valence electrons. The van der Waals surface area contributed by atoms with Crippen LogP contribution in [-0.4, -0.2) is 31.4 Å². The highest BCUT2D eigenvalue weighted by molar-refractivity contribution is 5.38. The monoisotopic (exact) mass is 252 g/mol. The summed E-state index contributed by atoms with van der Waals surface area (Å²) in [6, 6.07) is 6.06. The molecular weight excluding hydrogens is 228 g/mol. The van der Waals surface area contributed by atoms with Gasteiger partial charge in [-0.3, -0.25) is 0 Å². The Balaban J connectivity index is 2.65. The minimum Gasteiger partial charge on any atom is -0.496 e. The van der Waals surface area contributed by atoms with E-state index in [9.17, 15) is 0 Å². The minimum atomic E-state index is -0.217. The lowest BCUT2D eigenvalue weighted by molar-refractivity contribution is 0.262. The van der Waals surface area contributed by atoms with Gasteiger partial charge in [0.25, 0.3) is 0 Å². The first-order valence-corrected chi connectivity index (χ1v) is 6.32. The zero-order valence-corrected chi connectivity index (χ0v) is 11.4. The van der Waals surface area contributed by atoms with Crippen LogP contribution in [0.3, 0.4) is 0 Å². The molecule has 0 heterocycles. The number of nitrogens with one attached hydrogen (secondary N) is 1. The first-order valence-electron chi connectivity index (χ1n) is 6.32. The molecule has 0 aromatic heterocycles. The van der Waals surface area contributed by atoms with Crippen LogP contribution >= 0.6 is 0 Å². The van der Waals surface area contributed by atoms with Crippen molar-refractivity contribution >= 4 is 0 Å². The average Bonchev–Trinajstić information content (AvgIpc) is 2.38. The number of ether oxygens (including phenoxy) is 1. The van der Waals surface area contributed by atoms with Crippen LogP contribution in [0.4, 0.5) is 0 Å². The van der Waals surface area contributed by atoms with Gasteiger partial charge in [0.05, 0.1) is 13.7 Å². The molecule has 0 fully saturated rings. The fraction of sp³-hybridized carbons (Fsp3) is 0.571. The SMILES string of the molecule is COc1cc(C(C)C)ccc1CNCC(N)CO. The highest BCUT2D eigenvalue weighted by atomic mass is 16.5. The lowest BCUT2D eigenvalue weighted by Crippen LogP contribution is -2.36. The average molecular weight is 252 g/mol. The minimum absolute atomic E-state index is 0.00355. The third kappa shape index (κ3) is 4.29. The molecule has 4 heteroatoms. The van der Waals surface area contributed by atoms with Gasteiger partial charge in [0.15, 0.2) is 0 Å². The maximum Gasteiger partial charge on any atom is 0.123 e. The van der Waals surface area contributed by atoms with Gasteiger partial charge in [0.1, 0.15) is 5.75 Å². The van der Waals surface area contributed by atoms with Crippen molar-refractivity contribution in [1.29, 1.82) is 0 Å². The summed E-state index contributed by atoms with van der Waals surface area (Å²) < 4.78 is 5.40. The van der Waals surface area contributed by atoms with E-state index in [0.29, 0.717) is 19.0 Å². The molecule has 0 aliphatic rings. The molecule has 0 bridgehead atoms. The van der Waals surface area contributed by atoms with Crippen molar-refractivity contribution in [3.63, 3.8) is 0 Å². The summed E-state index contributed by atoms with van der Waals surface area (Å²) in [5.74, 6) is 1.38. The van der Waals surface area contributed by atoms with E-state index in [-0.39, 0.29) is 12.6 Å². The van der Waals surface area contributed by atoms with Gasteiger partial charge in [-0.15, -0.1) is 0 Å². The number of nitrogens with two attached hydrogens (primary N) is 1. The Hall–Kier alpha value is -1.10. The van der Waals surface area contributed by atoms with E-state index in [1.807, 2.05) is 0 Å². The summed E-state index contributed by atoms with van der Waals surface area (Å²) in [6.07, 6.45) is 0. The second-order valence-corrected chi connectivity index (χ2v) is 4.80. The van der Waals surface area contributed by atoms with Crippen molar-refractivity contribution in [1.82, 2.24) is 5.32 Å². The molecule has 0 radical (unpaired) electrons. The predicted molar refractivity (Wildman–Crippen MR) is 73.9 cm³/mol. The molecule has 0 aliphatic carbocycles. The molecule has 1 atom stereocenters. The standard InChI is InChI=1S/C14H24N2O2/c1-10(2)11-4-5-12(14(6-11)18-3)7-16-8-13(15)9-17/h4-6,10,13,16-17H,7-9,15H2,1-3H3. The summed E-state index contributed by atoms with van der Waals surface area (Å²) in [5.41, 5.74) is 8.00. The van der Waals surface area contributed by atoms with Crippen LogP contribution in [0.5, 0.6) is 5.75 Å². The quantitative estimate of drug-likeness (QED) is 0.683. The fourth-order valence-electron chi connectivity index (χ4n) is 1.72. The van der Waals surface area contributed by atoms with Gasteiger partial charge >= 0.3 is 0 Å². The maximum absolute atomic E-state index is 8.84. The van der Waals surface area contributed by atoms with Crippen LogP contribution < -0.4 is 15.8 Å². The molecule has 4 nitrogen and oxygen atoms in total. The van der Waals surface area contributed by atoms with Gasteiger partial charge in [0, 0.05) is 24.7 Å². The number of hydrogen-bond donors (Lipinski definition) is 3. The van der Waals surface area contributed by atoms with E-state index in [1.165, 1.54) is 5.56 Å². The molecule has 0 saturated heterocycles. The largest absolute Gasteiger partial charge is 0.496 e. The molecule has 1 unspecified atom stereocenters. The Labute approximate surface area is 109 Å². The summed E-state index contributed by atoms with van der Waals surface area (Å²) in [4.78, 5) is 0. The lowest BCUT2D eigenvalue weighted by atomic mass is 10.0. The summed E-state index contributed by atoms with van der Waals surface area (Å²) in [5, 5.41) is 12.1. The third-order valence-electron chi connectivity index (χ3n) is 2.93. The molecule has 0 aliphatic heterocycles. The van der Waals surface area contributed by atoms with E-state index in [0.717, 1.165) is 11.3 Å². The normalized spacial score (nSPS) is 12.8.